The van der Waals surface area contributed by atoms with Gasteiger partial charge in [-0.15, -0.1) is 0 Å². The topological polar surface area (TPSA) is 111 Å². The van der Waals surface area contributed by atoms with E-state index in [0.717, 1.165) is 0 Å². The molecule has 4 N–H and O–H groups in total. The lowest BCUT2D eigenvalue weighted by Gasteiger charge is -2.20. The molecule has 0 aromatic carbocycles. The molecule has 2 amide bonds. The zero-order valence-corrected chi connectivity index (χ0v) is 14.9. The van der Waals surface area contributed by atoms with Crippen LogP contribution >= 0.6 is 0 Å². The number of hydrogen-bond donors (Lipinski definition) is 3. The lowest BCUT2D eigenvalue weighted by molar-refractivity contribution is -0.128. The molecule has 0 aliphatic rings. The van der Waals surface area contributed by atoms with Gasteiger partial charge in [0.1, 0.15) is 5.60 Å². The van der Waals surface area contributed by atoms with Gasteiger partial charge < -0.3 is 21.1 Å². The minimum atomic E-state index is -0.643. The van der Waals surface area contributed by atoms with Gasteiger partial charge in [-0.3, -0.25) is 9.59 Å². The van der Waals surface area contributed by atoms with Crippen LogP contribution in [0.15, 0.2) is 0 Å². The van der Waals surface area contributed by atoms with Crippen LogP contribution in [0, 0.1) is 0 Å². The van der Waals surface area contributed by atoms with E-state index in [1.54, 1.807) is 34.6 Å². The summed E-state index contributed by atoms with van der Waals surface area (Å²) in [4.78, 5) is 34.9. The molecule has 0 aliphatic heterocycles. The van der Waals surface area contributed by atoms with Gasteiger partial charge >= 0.3 is 6.09 Å². The van der Waals surface area contributed by atoms with E-state index in [2.05, 4.69) is 10.6 Å². The molecular weight excluding hydrogens is 298 g/mol. The van der Waals surface area contributed by atoms with Crippen LogP contribution in [0.4, 0.5) is 4.79 Å². The van der Waals surface area contributed by atoms with Gasteiger partial charge in [0.15, 0.2) is 5.78 Å². The summed E-state index contributed by atoms with van der Waals surface area (Å²) >= 11 is 0. The number of hydrogen-bond acceptors (Lipinski definition) is 5. The third-order valence-corrected chi connectivity index (χ3v) is 3.05. The Hall–Kier alpha value is -1.63. The number of nitrogens with two attached hydrogens (primary N) is 1. The fraction of sp³-hybridized carbons (Fsp3) is 0.812. The summed E-state index contributed by atoms with van der Waals surface area (Å²) in [6, 6.07) is -1.16. The maximum atomic E-state index is 11.9. The molecule has 0 aliphatic carbocycles. The number of carbonyl (C=O) groups excluding carboxylic acids is 3. The molecule has 0 aromatic rings. The third-order valence-electron chi connectivity index (χ3n) is 3.05. The average Bonchev–Trinajstić information content (AvgIpc) is 2.42. The monoisotopic (exact) mass is 329 g/mol. The molecule has 0 aromatic heterocycles. The van der Waals surface area contributed by atoms with Crippen LogP contribution < -0.4 is 16.4 Å². The second-order valence-corrected chi connectivity index (χ2v) is 6.59. The van der Waals surface area contributed by atoms with E-state index in [-0.39, 0.29) is 11.7 Å². The van der Waals surface area contributed by atoms with Crippen LogP contribution in [0.1, 0.15) is 60.3 Å². The van der Waals surface area contributed by atoms with Gasteiger partial charge in [0.25, 0.3) is 0 Å². The highest BCUT2D eigenvalue weighted by atomic mass is 16.6. The van der Waals surface area contributed by atoms with E-state index in [9.17, 15) is 14.4 Å². The first-order chi connectivity index (χ1) is 10.6. The molecule has 0 radical (unpaired) electrons. The van der Waals surface area contributed by atoms with E-state index in [1.165, 1.54) is 0 Å². The van der Waals surface area contributed by atoms with E-state index in [1.807, 2.05) is 0 Å². The van der Waals surface area contributed by atoms with E-state index in [4.69, 9.17) is 10.5 Å². The van der Waals surface area contributed by atoms with Gasteiger partial charge in [-0.2, -0.15) is 0 Å². The lowest BCUT2D eigenvalue weighted by atomic mass is 10.0. The Labute approximate surface area is 138 Å². The van der Waals surface area contributed by atoms with Crippen LogP contribution in [0.3, 0.4) is 0 Å². The first kappa shape index (κ1) is 21.4. The van der Waals surface area contributed by atoms with Crippen molar-refractivity contribution in [3.8, 4) is 0 Å². The number of nitrogens with one attached hydrogen (secondary N) is 2. The summed E-state index contributed by atoms with van der Waals surface area (Å²) in [6.45, 7) is 9.20. The first-order valence-electron chi connectivity index (χ1n) is 8.12. The molecule has 0 saturated heterocycles. The Bertz CT molecular complexity index is 403. The fourth-order valence-corrected chi connectivity index (χ4v) is 1.84. The van der Waals surface area contributed by atoms with Crippen LogP contribution in [0.2, 0.25) is 0 Å². The molecule has 0 bridgehead atoms. The smallest absolute Gasteiger partial charge is 0.407 e. The van der Waals surface area contributed by atoms with Gasteiger partial charge in [0.2, 0.25) is 5.91 Å². The van der Waals surface area contributed by atoms with E-state index in [0.29, 0.717) is 32.2 Å². The van der Waals surface area contributed by atoms with Crippen molar-refractivity contribution in [2.45, 2.75) is 78.0 Å². The predicted octanol–water partition coefficient (Wildman–Crippen LogP) is 1.49. The maximum Gasteiger partial charge on any atom is 0.407 e. The predicted molar refractivity (Wildman–Crippen MR) is 89.0 cm³/mol. The van der Waals surface area contributed by atoms with Crippen molar-refractivity contribution >= 4 is 17.8 Å². The number of ether oxygens (including phenoxy) is 1. The van der Waals surface area contributed by atoms with Crippen LogP contribution in [0.5, 0.6) is 0 Å². The molecule has 0 heterocycles. The first-order valence-corrected chi connectivity index (χ1v) is 8.12. The number of rotatable bonds is 9. The summed E-state index contributed by atoms with van der Waals surface area (Å²) in [5, 5.41) is 5.33. The molecule has 7 nitrogen and oxygen atoms in total. The van der Waals surface area contributed by atoms with Gasteiger partial charge in [-0.1, -0.05) is 6.92 Å². The van der Waals surface area contributed by atoms with Crippen molar-refractivity contribution in [1.29, 1.82) is 0 Å². The Morgan fingerprint density at radius 1 is 1.17 bits per heavy atom. The summed E-state index contributed by atoms with van der Waals surface area (Å²) in [5.41, 5.74) is 4.98. The molecule has 23 heavy (non-hydrogen) atoms. The Morgan fingerprint density at radius 2 is 1.78 bits per heavy atom. The van der Waals surface area contributed by atoms with E-state index >= 15 is 0 Å². The fourth-order valence-electron chi connectivity index (χ4n) is 1.84. The SMILES string of the molecule is CCC(=O)C(CCCCNC(=O)OC(C)(C)C)NC(=O)C(C)N. The summed E-state index contributed by atoms with van der Waals surface area (Å²) in [6.07, 6.45) is 1.83. The zero-order chi connectivity index (χ0) is 18.0. The Balaban J connectivity index is 4.11. The van der Waals surface area contributed by atoms with Crippen molar-refractivity contribution in [2.75, 3.05) is 6.54 Å². The number of amides is 2. The minimum Gasteiger partial charge on any atom is -0.444 e. The molecule has 0 fully saturated rings. The summed E-state index contributed by atoms with van der Waals surface area (Å²) in [5.74, 6) is -0.345. The lowest BCUT2D eigenvalue weighted by Crippen LogP contribution is -2.47. The molecule has 7 heteroatoms. The molecule has 0 spiro atoms. The van der Waals surface area contributed by atoms with Crippen molar-refractivity contribution in [3.05, 3.63) is 0 Å². The highest BCUT2D eigenvalue weighted by Crippen LogP contribution is 2.07. The van der Waals surface area contributed by atoms with Gasteiger partial charge in [0, 0.05) is 13.0 Å². The molecular formula is C16H31N3O4. The number of carbonyl (C=O) groups is 3. The van der Waals surface area contributed by atoms with Crippen molar-refractivity contribution in [1.82, 2.24) is 10.6 Å². The molecule has 0 rings (SSSR count). The van der Waals surface area contributed by atoms with Gasteiger partial charge in [0.05, 0.1) is 12.1 Å². The van der Waals surface area contributed by atoms with Crippen LogP contribution in [-0.4, -0.2) is 42.0 Å². The van der Waals surface area contributed by atoms with E-state index < -0.39 is 23.8 Å². The summed E-state index contributed by atoms with van der Waals surface area (Å²) < 4.78 is 5.12. The maximum absolute atomic E-state index is 11.9. The second-order valence-electron chi connectivity index (χ2n) is 6.59. The Morgan fingerprint density at radius 3 is 2.26 bits per heavy atom. The largest absolute Gasteiger partial charge is 0.444 e. The average molecular weight is 329 g/mol. The van der Waals surface area contributed by atoms with Crippen molar-refractivity contribution in [3.63, 3.8) is 0 Å². The normalized spacial score (nSPS) is 13.8. The Kier molecular flexibility index (Phi) is 9.48. The highest BCUT2D eigenvalue weighted by molar-refractivity contribution is 5.90. The molecule has 2 atom stereocenters. The van der Waals surface area contributed by atoms with Crippen LogP contribution in [-0.2, 0) is 14.3 Å². The number of ketones is 1. The van der Waals surface area contributed by atoms with Crippen molar-refractivity contribution < 1.29 is 19.1 Å². The zero-order valence-electron chi connectivity index (χ0n) is 14.9. The van der Waals surface area contributed by atoms with Gasteiger partial charge in [-0.25, -0.2) is 4.79 Å². The van der Waals surface area contributed by atoms with Crippen molar-refractivity contribution in [2.24, 2.45) is 5.73 Å². The second kappa shape index (κ2) is 10.2. The summed E-state index contributed by atoms with van der Waals surface area (Å²) in [7, 11) is 0. The van der Waals surface area contributed by atoms with Gasteiger partial charge in [-0.05, 0) is 47.0 Å². The third kappa shape index (κ3) is 10.7. The quantitative estimate of drug-likeness (QED) is 0.555. The number of unbranched alkanes of at least 4 members (excludes halogenated alkanes) is 1. The number of Topliss-reactive ketones (excluding diaryl/α,β-unsaturated/α-hetero) is 1. The minimum absolute atomic E-state index is 0.0147. The standard InChI is InChI=1S/C16H31N3O4/c1-6-13(20)12(19-14(21)11(2)17)9-7-8-10-18-15(22)23-16(3,4)5/h11-12H,6-10,17H2,1-5H3,(H,18,22)(H,19,21). The number of alkyl carbamates (subject to hydrolysis) is 1. The molecule has 134 valence electrons. The molecule has 2 unspecified atom stereocenters. The highest BCUT2D eigenvalue weighted by Gasteiger charge is 2.20. The molecule has 0 saturated carbocycles. The van der Waals surface area contributed by atoms with Crippen LogP contribution in [0.25, 0.3) is 0 Å².